The molecule has 2 amide bonds. The number of ether oxygens (including phenoxy) is 2. The number of amides is 2. The SMILES string of the molecule is CCOc1cc2ncc(C#N)c(Nc3cc(OC)c(Cl)cc3Cl)c2cc1NC(=O)NC1CCN(CC)CC1. The van der Waals surface area contributed by atoms with Crippen molar-refractivity contribution in [2.45, 2.75) is 32.7 Å². The van der Waals surface area contributed by atoms with Gasteiger partial charge in [0.25, 0.3) is 0 Å². The molecule has 1 aromatic heterocycles. The number of hydrogen-bond donors (Lipinski definition) is 3. The minimum atomic E-state index is -0.315. The van der Waals surface area contributed by atoms with Gasteiger partial charge in [-0.1, -0.05) is 30.1 Å². The Hall–Kier alpha value is -3.45. The highest BCUT2D eigenvalue weighted by Crippen LogP contribution is 2.40. The van der Waals surface area contributed by atoms with Crippen LogP contribution >= 0.6 is 23.2 Å². The number of pyridine rings is 1. The first-order valence-electron chi connectivity index (χ1n) is 12.5. The Balaban J connectivity index is 1.69. The Bertz CT molecular complexity index is 1370. The van der Waals surface area contributed by atoms with Gasteiger partial charge in [-0.15, -0.1) is 0 Å². The number of carbonyl (C=O) groups is 1. The van der Waals surface area contributed by atoms with E-state index in [2.05, 4.69) is 38.8 Å². The van der Waals surface area contributed by atoms with Crippen molar-refractivity contribution in [3.05, 3.63) is 46.1 Å². The van der Waals surface area contributed by atoms with Gasteiger partial charge in [0.1, 0.15) is 17.6 Å². The molecule has 38 heavy (non-hydrogen) atoms. The van der Waals surface area contributed by atoms with E-state index in [-0.39, 0.29) is 12.1 Å². The van der Waals surface area contributed by atoms with Crippen LogP contribution in [0.3, 0.4) is 0 Å². The molecule has 3 N–H and O–H groups in total. The molecule has 1 aliphatic rings. The predicted molar refractivity (Wildman–Crippen MR) is 151 cm³/mol. The highest BCUT2D eigenvalue weighted by Gasteiger charge is 2.21. The fourth-order valence-electron chi connectivity index (χ4n) is 4.47. The number of urea groups is 1. The molecule has 0 unspecified atom stereocenters. The zero-order chi connectivity index (χ0) is 27.2. The van der Waals surface area contributed by atoms with Crippen molar-refractivity contribution in [2.24, 2.45) is 0 Å². The summed E-state index contributed by atoms with van der Waals surface area (Å²) in [5, 5.41) is 20.4. The summed E-state index contributed by atoms with van der Waals surface area (Å²) in [6.07, 6.45) is 3.27. The molecule has 0 aliphatic carbocycles. The van der Waals surface area contributed by atoms with Crippen molar-refractivity contribution in [1.29, 1.82) is 5.26 Å². The summed E-state index contributed by atoms with van der Waals surface area (Å²) in [5.74, 6) is 0.906. The third kappa shape index (κ3) is 6.16. The molecule has 4 rings (SSSR count). The van der Waals surface area contributed by atoms with E-state index in [9.17, 15) is 10.1 Å². The molecule has 2 aromatic carbocycles. The first-order chi connectivity index (χ1) is 18.4. The average Bonchev–Trinajstić information content (AvgIpc) is 2.91. The fourth-order valence-corrected chi connectivity index (χ4v) is 4.97. The molecular weight excluding hydrogens is 527 g/mol. The molecule has 0 atom stereocenters. The van der Waals surface area contributed by atoms with Gasteiger partial charge in [0.15, 0.2) is 0 Å². The Kier molecular flexibility index (Phi) is 9.00. The summed E-state index contributed by atoms with van der Waals surface area (Å²) in [6, 6.07) is 8.66. The van der Waals surface area contributed by atoms with Gasteiger partial charge in [-0.3, -0.25) is 4.98 Å². The number of nitrogens with one attached hydrogen (secondary N) is 3. The van der Waals surface area contributed by atoms with Gasteiger partial charge in [-0.2, -0.15) is 5.26 Å². The molecule has 1 fully saturated rings. The van der Waals surface area contributed by atoms with E-state index in [0.717, 1.165) is 32.5 Å². The highest BCUT2D eigenvalue weighted by molar-refractivity contribution is 6.37. The largest absolute Gasteiger partial charge is 0.495 e. The second-order valence-corrected chi connectivity index (χ2v) is 9.67. The van der Waals surface area contributed by atoms with Crippen LogP contribution in [0.1, 0.15) is 32.3 Å². The van der Waals surface area contributed by atoms with Gasteiger partial charge in [0, 0.05) is 42.8 Å². The van der Waals surface area contributed by atoms with E-state index >= 15 is 0 Å². The Labute approximate surface area is 232 Å². The molecule has 1 saturated heterocycles. The Morgan fingerprint density at radius 3 is 2.55 bits per heavy atom. The van der Waals surface area contributed by atoms with Crippen molar-refractivity contribution in [3.8, 4) is 17.6 Å². The lowest BCUT2D eigenvalue weighted by Gasteiger charge is -2.31. The number of anilines is 3. The Morgan fingerprint density at radius 2 is 1.89 bits per heavy atom. The summed E-state index contributed by atoms with van der Waals surface area (Å²) in [4.78, 5) is 19.8. The van der Waals surface area contributed by atoms with E-state index in [0.29, 0.717) is 61.7 Å². The van der Waals surface area contributed by atoms with E-state index in [1.165, 1.54) is 13.3 Å². The van der Waals surface area contributed by atoms with E-state index in [1.807, 2.05) is 6.92 Å². The normalized spacial score (nSPS) is 14.1. The molecule has 2 heterocycles. The van der Waals surface area contributed by atoms with E-state index in [4.69, 9.17) is 32.7 Å². The number of fused-ring (bicyclic) bond motifs is 1. The van der Waals surface area contributed by atoms with Gasteiger partial charge in [-0.25, -0.2) is 4.79 Å². The lowest BCUT2D eigenvalue weighted by Crippen LogP contribution is -2.45. The van der Waals surface area contributed by atoms with Crippen molar-refractivity contribution in [1.82, 2.24) is 15.2 Å². The maximum Gasteiger partial charge on any atom is 0.319 e. The summed E-state index contributed by atoms with van der Waals surface area (Å²) in [5.41, 5.74) is 2.30. The van der Waals surface area contributed by atoms with Crippen molar-refractivity contribution in [3.63, 3.8) is 0 Å². The smallest absolute Gasteiger partial charge is 0.319 e. The molecule has 0 bridgehead atoms. The monoisotopic (exact) mass is 556 g/mol. The average molecular weight is 557 g/mol. The van der Waals surface area contributed by atoms with Crippen LogP contribution in [0.15, 0.2) is 30.5 Å². The summed E-state index contributed by atoms with van der Waals surface area (Å²) < 4.78 is 11.1. The van der Waals surface area contributed by atoms with Crippen LogP contribution in [0.2, 0.25) is 10.0 Å². The van der Waals surface area contributed by atoms with Crippen LogP contribution in [-0.2, 0) is 0 Å². The van der Waals surface area contributed by atoms with Gasteiger partial charge in [-0.05, 0) is 38.4 Å². The van der Waals surface area contributed by atoms with Crippen LogP contribution in [0.5, 0.6) is 11.5 Å². The molecule has 9 nitrogen and oxygen atoms in total. The second-order valence-electron chi connectivity index (χ2n) is 8.86. The zero-order valence-corrected chi connectivity index (χ0v) is 23.0. The van der Waals surface area contributed by atoms with Crippen LogP contribution in [0.25, 0.3) is 10.9 Å². The second kappa shape index (κ2) is 12.4. The maximum atomic E-state index is 13.0. The minimum Gasteiger partial charge on any atom is -0.495 e. The van der Waals surface area contributed by atoms with Gasteiger partial charge < -0.3 is 30.3 Å². The number of nitriles is 1. The number of piperidine rings is 1. The van der Waals surface area contributed by atoms with Crippen LogP contribution in [0.4, 0.5) is 21.9 Å². The van der Waals surface area contributed by atoms with Crippen molar-refractivity contribution < 1.29 is 14.3 Å². The summed E-state index contributed by atoms with van der Waals surface area (Å²) >= 11 is 12.6. The molecule has 0 radical (unpaired) electrons. The number of rotatable bonds is 8. The molecule has 1 aliphatic heterocycles. The first-order valence-corrected chi connectivity index (χ1v) is 13.2. The molecule has 11 heteroatoms. The Morgan fingerprint density at radius 1 is 1.13 bits per heavy atom. The standard InChI is InChI=1S/C27H30Cl2N6O3/c1-4-35-8-6-17(7-9-35)32-27(36)34-23-10-18-21(12-25(23)38-5-2)31-15-16(14-30)26(18)33-22-13-24(37-3)20(29)11-19(22)28/h10-13,15,17H,4-9H2,1-3H3,(H,31,33)(H2,32,34,36). The molecule has 3 aromatic rings. The number of halogens is 2. The molecular formula is C27H30Cl2N6O3. The third-order valence-corrected chi connectivity index (χ3v) is 7.12. The minimum absolute atomic E-state index is 0.0971. The number of nitrogens with zero attached hydrogens (tertiary/aromatic N) is 3. The number of methoxy groups -OCH3 is 1. The zero-order valence-electron chi connectivity index (χ0n) is 21.5. The highest BCUT2D eigenvalue weighted by atomic mass is 35.5. The van der Waals surface area contributed by atoms with Crippen LogP contribution < -0.4 is 25.4 Å². The van der Waals surface area contributed by atoms with Gasteiger partial charge in [0.05, 0.1) is 51.9 Å². The van der Waals surface area contributed by atoms with E-state index in [1.54, 1.807) is 24.3 Å². The number of benzene rings is 2. The quantitative estimate of drug-likeness (QED) is 0.304. The van der Waals surface area contributed by atoms with Crippen molar-refractivity contribution >= 4 is 57.2 Å². The summed E-state index contributed by atoms with van der Waals surface area (Å²) in [6.45, 7) is 7.33. The van der Waals surface area contributed by atoms with Gasteiger partial charge >= 0.3 is 6.03 Å². The number of aromatic nitrogens is 1. The molecule has 0 saturated carbocycles. The fraction of sp³-hybridized carbons (Fsp3) is 0.370. The van der Waals surface area contributed by atoms with Gasteiger partial charge in [0.2, 0.25) is 0 Å². The number of likely N-dealkylation sites (tertiary alicyclic amines) is 1. The topological polar surface area (TPSA) is 112 Å². The number of carbonyl (C=O) groups excluding carboxylic acids is 1. The van der Waals surface area contributed by atoms with Crippen molar-refractivity contribution in [2.75, 3.05) is 44.0 Å². The molecule has 0 spiro atoms. The molecule has 200 valence electrons. The van der Waals surface area contributed by atoms with Crippen LogP contribution in [0, 0.1) is 11.3 Å². The van der Waals surface area contributed by atoms with E-state index < -0.39 is 0 Å². The third-order valence-electron chi connectivity index (χ3n) is 6.51. The lowest BCUT2D eigenvalue weighted by atomic mass is 10.1. The summed E-state index contributed by atoms with van der Waals surface area (Å²) in [7, 11) is 1.51. The number of hydrogen-bond acceptors (Lipinski definition) is 7. The maximum absolute atomic E-state index is 13.0. The first kappa shape index (κ1) is 27.6. The lowest BCUT2D eigenvalue weighted by molar-refractivity contribution is 0.203. The van der Waals surface area contributed by atoms with Crippen LogP contribution in [-0.4, -0.2) is 55.3 Å². The predicted octanol–water partition coefficient (Wildman–Crippen LogP) is 6.17.